The Hall–Kier alpha value is -2.80. The molecule has 0 spiro atoms. The summed E-state index contributed by atoms with van der Waals surface area (Å²) in [6.07, 6.45) is -0.768. The molecule has 2 atom stereocenters. The zero-order valence-corrected chi connectivity index (χ0v) is 22.3. The molecule has 1 aromatic heterocycles. The summed E-state index contributed by atoms with van der Waals surface area (Å²) < 4.78 is 69.2. The fraction of sp³-hybridized carbons (Fsp3) is 0.469. The van der Waals surface area contributed by atoms with Crippen LogP contribution < -0.4 is 0 Å². The second-order valence-electron chi connectivity index (χ2n) is 11.9. The van der Waals surface area contributed by atoms with Gasteiger partial charge >= 0.3 is 6.18 Å². The van der Waals surface area contributed by atoms with Crippen molar-refractivity contribution in [1.82, 2.24) is 4.98 Å². The molecule has 0 bridgehead atoms. The van der Waals surface area contributed by atoms with Crippen LogP contribution in [0.5, 0.6) is 0 Å². The quantitative estimate of drug-likeness (QED) is 0.326. The van der Waals surface area contributed by atoms with Crippen molar-refractivity contribution in [1.29, 1.82) is 0 Å². The average molecular weight is 544 g/mol. The Morgan fingerprint density at radius 2 is 1.62 bits per heavy atom. The monoisotopic (exact) mass is 543 g/mol. The van der Waals surface area contributed by atoms with E-state index in [1.807, 2.05) is 0 Å². The minimum absolute atomic E-state index is 0.0969. The number of aliphatic hydroxyl groups excluding tert-OH is 1. The van der Waals surface area contributed by atoms with E-state index in [4.69, 9.17) is 4.98 Å². The SMILES string of the molecule is CC1(C)Cc2nc(C3CCCCC3)c(CC(F)c3ccc(C(F)(F)F)cc3)c(-c3ccc(F)cc3)c2C(O)C1. The lowest BCUT2D eigenvalue weighted by Crippen LogP contribution is -2.29. The molecule has 2 aliphatic rings. The topological polar surface area (TPSA) is 33.1 Å². The first-order chi connectivity index (χ1) is 18.4. The lowest BCUT2D eigenvalue weighted by atomic mass is 9.71. The van der Waals surface area contributed by atoms with Crippen molar-refractivity contribution in [3.05, 3.63) is 88.0 Å². The van der Waals surface area contributed by atoms with Gasteiger partial charge in [-0.15, -0.1) is 0 Å². The number of alkyl halides is 4. The van der Waals surface area contributed by atoms with E-state index in [9.17, 15) is 22.7 Å². The van der Waals surface area contributed by atoms with Gasteiger partial charge in [0.25, 0.3) is 0 Å². The molecule has 1 saturated carbocycles. The van der Waals surface area contributed by atoms with Crippen LogP contribution in [0.4, 0.5) is 22.0 Å². The van der Waals surface area contributed by atoms with Gasteiger partial charge in [-0.1, -0.05) is 57.4 Å². The summed E-state index contributed by atoms with van der Waals surface area (Å²) in [6.45, 7) is 4.18. The number of aromatic nitrogens is 1. The lowest BCUT2D eigenvalue weighted by molar-refractivity contribution is -0.137. The van der Waals surface area contributed by atoms with Crippen LogP contribution in [0.3, 0.4) is 0 Å². The Kier molecular flexibility index (Phi) is 7.57. The Bertz CT molecular complexity index is 1310. The third-order valence-electron chi connectivity index (χ3n) is 8.28. The predicted octanol–water partition coefficient (Wildman–Crippen LogP) is 9.21. The van der Waals surface area contributed by atoms with E-state index in [2.05, 4.69) is 13.8 Å². The number of benzene rings is 2. The van der Waals surface area contributed by atoms with Crippen LogP contribution in [-0.4, -0.2) is 10.1 Å². The molecule has 1 N–H and O–H groups in total. The molecule has 2 nitrogen and oxygen atoms in total. The smallest absolute Gasteiger partial charge is 0.388 e. The maximum absolute atomic E-state index is 16.0. The highest BCUT2D eigenvalue weighted by atomic mass is 19.4. The predicted molar refractivity (Wildman–Crippen MR) is 142 cm³/mol. The first-order valence-corrected chi connectivity index (χ1v) is 13.7. The Labute approximate surface area is 226 Å². The largest absolute Gasteiger partial charge is 0.416 e. The van der Waals surface area contributed by atoms with Crippen LogP contribution in [0.25, 0.3) is 11.1 Å². The summed E-state index contributed by atoms with van der Waals surface area (Å²) in [5.74, 6) is -0.272. The van der Waals surface area contributed by atoms with E-state index >= 15 is 4.39 Å². The molecule has 5 rings (SSSR count). The standard InChI is InChI=1S/C32H34F5NO/c1-31(2)17-26-29(27(39)18-31)28(20-10-14-23(33)15-11-20)24(30(38-26)21-6-4-3-5-7-21)16-25(34)19-8-12-22(13-9-19)32(35,36)37/h8-15,21,25,27,39H,3-7,16-18H2,1-2H3. The van der Waals surface area contributed by atoms with Crippen LogP contribution in [-0.2, 0) is 19.0 Å². The first-order valence-electron chi connectivity index (χ1n) is 13.7. The summed E-state index contributed by atoms with van der Waals surface area (Å²) in [5, 5.41) is 11.4. The molecule has 3 aromatic rings. The molecule has 2 aromatic carbocycles. The summed E-state index contributed by atoms with van der Waals surface area (Å²) in [6, 6.07) is 10.2. The third-order valence-corrected chi connectivity index (χ3v) is 8.28. The highest BCUT2D eigenvalue weighted by molar-refractivity contribution is 5.74. The second kappa shape index (κ2) is 10.6. The number of aliphatic hydroxyl groups is 1. The molecule has 0 saturated heterocycles. The molecule has 2 aliphatic carbocycles. The van der Waals surface area contributed by atoms with Crippen LogP contribution in [0.1, 0.15) is 104 Å². The van der Waals surface area contributed by atoms with Gasteiger partial charge in [0.15, 0.2) is 0 Å². The van der Waals surface area contributed by atoms with Gasteiger partial charge in [-0.3, -0.25) is 4.98 Å². The van der Waals surface area contributed by atoms with Gasteiger partial charge in [0.05, 0.1) is 11.7 Å². The molecule has 208 valence electrons. The van der Waals surface area contributed by atoms with E-state index in [0.29, 0.717) is 35.1 Å². The van der Waals surface area contributed by atoms with Crippen molar-refractivity contribution in [3.63, 3.8) is 0 Å². The molecule has 2 unspecified atom stereocenters. The number of halogens is 5. The van der Waals surface area contributed by atoms with E-state index in [-0.39, 0.29) is 23.3 Å². The molecule has 0 amide bonds. The Morgan fingerprint density at radius 3 is 2.23 bits per heavy atom. The molecular formula is C32H34F5NO. The number of hydrogen-bond acceptors (Lipinski definition) is 2. The number of nitrogens with zero attached hydrogens (tertiary/aromatic N) is 1. The highest BCUT2D eigenvalue weighted by Crippen LogP contribution is 2.48. The lowest BCUT2D eigenvalue weighted by Gasteiger charge is -2.37. The van der Waals surface area contributed by atoms with Crippen molar-refractivity contribution >= 4 is 0 Å². The van der Waals surface area contributed by atoms with Crippen molar-refractivity contribution in [3.8, 4) is 11.1 Å². The number of pyridine rings is 1. The van der Waals surface area contributed by atoms with Crippen molar-refractivity contribution in [2.75, 3.05) is 0 Å². The summed E-state index contributed by atoms with van der Waals surface area (Å²) >= 11 is 0. The summed E-state index contributed by atoms with van der Waals surface area (Å²) in [7, 11) is 0. The van der Waals surface area contributed by atoms with E-state index in [1.165, 1.54) is 24.3 Å². The maximum Gasteiger partial charge on any atom is 0.416 e. The zero-order valence-electron chi connectivity index (χ0n) is 22.3. The second-order valence-corrected chi connectivity index (χ2v) is 11.9. The molecule has 0 aliphatic heterocycles. The van der Waals surface area contributed by atoms with Crippen molar-refractivity contribution in [2.24, 2.45) is 5.41 Å². The molecule has 7 heteroatoms. The van der Waals surface area contributed by atoms with E-state index < -0.39 is 29.8 Å². The molecular weight excluding hydrogens is 509 g/mol. The summed E-state index contributed by atoms with van der Waals surface area (Å²) in [4.78, 5) is 5.13. The minimum atomic E-state index is -4.50. The first kappa shape index (κ1) is 27.8. The zero-order chi connectivity index (χ0) is 27.9. The Balaban J connectivity index is 1.68. The molecule has 0 radical (unpaired) electrons. The van der Waals surface area contributed by atoms with Gasteiger partial charge in [-0.05, 0) is 77.6 Å². The van der Waals surface area contributed by atoms with Gasteiger partial charge < -0.3 is 5.11 Å². The van der Waals surface area contributed by atoms with Crippen molar-refractivity contribution in [2.45, 2.75) is 89.6 Å². The molecule has 1 fully saturated rings. The van der Waals surface area contributed by atoms with Gasteiger partial charge in [-0.2, -0.15) is 13.2 Å². The number of rotatable bonds is 5. The van der Waals surface area contributed by atoms with E-state index in [1.54, 1.807) is 12.1 Å². The molecule has 1 heterocycles. The normalized spacial score (nSPS) is 20.5. The minimum Gasteiger partial charge on any atom is -0.388 e. The van der Waals surface area contributed by atoms with Gasteiger partial charge in [0.1, 0.15) is 12.0 Å². The molecule has 39 heavy (non-hydrogen) atoms. The Morgan fingerprint density at radius 1 is 0.974 bits per heavy atom. The maximum atomic E-state index is 16.0. The fourth-order valence-electron chi connectivity index (χ4n) is 6.40. The highest BCUT2D eigenvalue weighted by Gasteiger charge is 2.38. The van der Waals surface area contributed by atoms with Crippen LogP contribution in [0.15, 0.2) is 48.5 Å². The van der Waals surface area contributed by atoms with Gasteiger partial charge in [0, 0.05) is 29.3 Å². The number of fused-ring (bicyclic) bond motifs is 1. The number of hydrogen-bond donors (Lipinski definition) is 1. The van der Waals surface area contributed by atoms with Gasteiger partial charge in [-0.25, -0.2) is 8.78 Å². The average Bonchev–Trinajstić information content (AvgIpc) is 2.88. The fourth-order valence-corrected chi connectivity index (χ4v) is 6.40. The third kappa shape index (κ3) is 5.88. The summed E-state index contributed by atoms with van der Waals surface area (Å²) in [5.41, 5.74) is 3.47. The van der Waals surface area contributed by atoms with Crippen LogP contribution in [0, 0.1) is 11.2 Å². The van der Waals surface area contributed by atoms with Gasteiger partial charge in [0.2, 0.25) is 0 Å². The van der Waals surface area contributed by atoms with E-state index in [0.717, 1.165) is 55.6 Å². The van der Waals surface area contributed by atoms with Crippen LogP contribution in [0.2, 0.25) is 0 Å². The van der Waals surface area contributed by atoms with Crippen LogP contribution >= 0.6 is 0 Å². The van der Waals surface area contributed by atoms with Crippen molar-refractivity contribution < 1.29 is 27.1 Å².